The van der Waals surface area contributed by atoms with E-state index in [1.807, 2.05) is 0 Å². The van der Waals surface area contributed by atoms with E-state index in [4.69, 9.17) is 9.16 Å². The molecule has 4 rings (SSSR count). The Morgan fingerprint density at radius 3 is 2.23 bits per heavy atom. The van der Waals surface area contributed by atoms with Gasteiger partial charge in [-0.3, -0.25) is 0 Å². The van der Waals surface area contributed by atoms with Gasteiger partial charge in [-0.2, -0.15) is 0 Å². The van der Waals surface area contributed by atoms with Crippen LogP contribution in [0, 0.1) is 0 Å². The van der Waals surface area contributed by atoms with Crippen LogP contribution in [0.4, 0.5) is 0 Å². The molecule has 1 heterocycles. The van der Waals surface area contributed by atoms with Gasteiger partial charge >= 0.3 is 0 Å². The van der Waals surface area contributed by atoms with E-state index in [1.54, 1.807) is 0 Å². The summed E-state index contributed by atoms with van der Waals surface area (Å²) < 4.78 is 12.6. The van der Waals surface area contributed by atoms with Gasteiger partial charge in [-0.05, 0) is 48.4 Å². The lowest BCUT2D eigenvalue weighted by Crippen LogP contribution is -2.40. The van der Waals surface area contributed by atoms with Gasteiger partial charge in [0, 0.05) is 6.61 Å². The van der Waals surface area contributed by atoms with Gasteiger partial charge < -0.3 is 9.16 Å². The third-order valence-corrected chi connectivity index (χ3v) is 6.55. The van der Waals surface area contributed by atoms with Gasteiger partial charge in [0.15, 0.2) is 9.76 Å². The standard InChI is InChI=1S/C19H22O2Si/c1-19(12-6-7-13-20-19)22-21-18-16-10-4-2-8-14(16)15-9-3-5-11-17(15)18/h2-5,8-11,18H,6-7,12-13,22H2,1H3. The summed E-state index contributed by atoms with van der Waals surface area (Å²) in [5.74, 6) is 0. The van der Waals surface area contributed by atoms with E-state index in [9.17, 15) is 0 Å². The van der Waals surface area contributed by atoms with E-state index in [0.717, 1.165) is 13.0 Å². The molecular formula is C19H22O2Si. The van der Waals surface area contributed by atoms with Crippen molar-refractivity contribution in [3.63, 3.8) is 0 Å². The quantitative estimate of drug-likeness (QED) is 0.803. The van der Waals surface area contributed by atoms with Crippen LogP contribution in [0.2, 0.25) is 0 Å². The SMILES string of the molecule is CC1([SiH2]OC2c3ccccc3-c3ccccc32)CCCCO1. The van der Waals surface area contributed by atoms with E-state index >= 15 is 0 Å². The van der Waals surface area contributed by atoms with Crippen molar-refractivity contribution in [3.05, 3.63) is 59.7 Å². The van der Waals surface area contributed by atoms with Crippen molar-refractivity contribution in [2.75, 3.05) is 6.61 Å². The number of benzene rings is 2. The Morgan fingerprint density at radius 1 is 1.00 bits per heavy atom. The van der Waals surface area contributed by atoms with Crippen LogP contribution in [-0.2, 0) is 9.16 Å². The fourth-order valence-corrected chi connectivity index (χ4v) is 5.15. The average molecular weight is 310 g/mol. The summed E-state index contributed by atoms with van der Waals surface area (Å²) >= 11 is 0. The van der Waals surface area contributed by atoms with Crippen molar-refractivity contribution in [3.8, 4) is 11.1 Å². The zero-order valence-electron chi connectivity index (χ0n) is 13.0. The summed E-state index contributed by atoms with van der Waals surface area (Å²) in [7, 11) is -0.762. The Labute approximate surface area is 134 Å². The van der Waals surface area contributed by atoms with Crippen LogP contribution in [0.3, 0.4) is 0 Å². The molecule has 22 heavy (non-hydrogen) atoms. The highest BCUT2D eigenvalue weighted by atomic mass is 28.2. The number of fused-ring (bicyclic) bond motifs is 3. The molecule has 0 bridgehead atoms. The Balaban J connectivity index is 1.61. The molecule has 1 unspecified atom stereocenters. The molecular weight excluding hydrogens is 288 g/mol. The summed E-state index contributed by atoms with van der Waals surface area (Å²) in [5.41, 5.74) is 5.28. The van der Waals surface area contributed by atoms with Crippen LogP contribution in [-0.4, -0.2) is 21.6 Å². The number of hydrogen-bond donors (Lipinski definition) is 0. The Kier molecular flexibility index (Phi) is 3.64. The largest absolute Gasteiger partial charge is 0.410 e. The molecule has 1 aliphatic carbocycles. The van der Waals surface area contributed by atoms with Gasteiger partial charge in [-0.25, -0.2) is 0 Å². The molecule has 0 aromatic heterocycles. The monoisotopic (exact) mass is 310 g/mol. The van der Waals surface area contributed by atoms with Crippen molar-refractivity contribution in [2.24, 2.45) is 0 Å². The summed E-state index contributed by atoms with van der Waals surface area (Å²) in [6.45, 7) is 3.13. The van der Waals surface area contributed by atoms with E-state index in [1.165, 1.54) is 35.1 Å². The molecule has 1 fully saturated rings. The molecule has 0 radical (unpaired) electrons. The highest BCUT2D eigenvalue weighted by Crippen LogP contribution is 2.45. The van der Waals surface area contributed by atoms with Gasteiger partial charge in [0.05, 0.1) is 11.3 Å². The second-order valence-electron chi connectivity index (χ2n) is 6.62. The van der Waals surface area contributed by atoms with Crippen LogP contribution in [0.5, 0.6) is 0 Å². The average Bonchev–Trinajstić information content (AvgIpc) is 2.88. The minimum atomic E-state index is -0.762. The van der Waals surface area contributed by atoms with Crippen molar-refractivity contribution < 1.29 is 9.16 Å². The fourth-order valence-electron chi connectivity index (χ4n) is 3.65. The molecule has 0 spiro atoms. The predicted molar refractivity (Wildman–Crippen MR) is 91.6 cm³/mol. The van der Waals surface area contributed by atoms with Crippen LogP contribution in [0.25, 0.3) is 11.1 Å². The highest BCUT2D eigenvalue weighted by Gasteiger charge is 2.34. The summed E-state index contributed by atoms with van der Waals surface area (Å²) in [6.07, 6.45) is 3.71. The maximum Gasteiger partial charge on any atom is 0.195 e. The lowest BCUT2D eigenvalue weighted by molar-refractivity contribution is -0.0188. The summed E-state index contributed by atoms with van der Waals surface area (Å²) in [6, 6.07) is 17.3. The molecule has 2 aromatic rings. The first-order valence-electron chi connectivity index (χ1n) is 8.21. The molecule has 114 valence electrons. The number of rotatable bonds is 3. The molecule has 1 atom stereocenters. The first-order valence-corrected chi connectivity index (χ1v) is 9.49. The van der Waals surface area contributed by atoms with Crippen molar-refractivity contribution >= 4 is 9.76 Å². The van der Waals surface area contributed by atoms with Crippen LogP contribution >= 0.6 is 0 Å². The summed E-state index contributed by atoms with van der Waals surface area (Å²) in [4.78, 5) is 0. The second kappa shape index (κ2) is 5.65. The summed E-state index contributed by atoms with van der Waals surface area (Å²) in [5, 5.41) is 0.00469. The van der Waals surface area contributed by atoms with Crippen LogP contribution in [0.15, 0.2) is 48.5 Å². The number of hydrogen-bond acceptors (Lipinski definition) is 2. The molecule has 1 saturated heterocycles. The van der Waals surface area contributed by atoms with Gasteiger partial charge in [0.1, 0.15) is 0 Å². The third-order valence-electron chi connectivity index (χ3n) is 4.88. The van der Waals surface area contributed by atoms with Crippen LogP contribution < -0.4 is 0 Å². The molecule has 1 aliphatic heterocycles. The normalized spacial score (nSPS) is 24.6. The molecule has 0 amide bonds. The minimum Gasteiger partial charge on any atom is -0.410 e. The lowest BCUT2D eigenvalue weighted by Gasteiger charge is -2.34. The molecule has 0 saturated carbocycles. The first-order chi connectivity index (χ1) is 10.8. The minimum absolute atomic E-state index is 0.00469. The van der Waals surface area contributed by atoms with Crippen molar-refractivity contribution in [2.45, 2.75) is 37.5 Å². The molecule has 2 nitrogen and oxygen atoms in total. The van der Waals surface area contributed by atoms with E-state index in [-0.39, 0.29) is 11.3 Å². The second-order valence-corrected chi connectivity index (χ2v) is 8.74. The zero-order valence-corrected chi connectivity index (χ0v) is 14.5. The Hall–Kier alpha value is -1.42. The lowest BCUT2D eigenvalue weighted by atomic mass is 10.1. The van der Waals surface area contributed by atoms with Gasteiger partial charge in [0.2, 0.25) is 0 Å². The third kappa shape index (κ3) is 2.43. The van der Waals surface area contributed by atoms with Crippen LogP contribution in [0.1, 0.15) is 43.4 Å². The van der Waals surface area contributed by atoms with Crippen molar-refractivity contribution in [1.29, 1.82) is 0 Å². The Bertz CT molecular complexity index is 631. The predicted octanol–water partition coefficient (Wildman–Crippen LogP) is 3.77. The van der Waals surface area contributed by atoms with Gasteiger partial charge in [-0.15, -0.1) is 0 Å². The molecule has 2 aromatic carbocycles. The maximum absolute atomic E-state index is 6.51. The smallest absolute Gasteiger partial charge is 0.195 e. The molecule has 0 N–H and O–H groups in total. The fraction of sp³-hybridized carbons (Fsp3) is 0.368. The van der Waals surface area contributed by atoms with Gasteiger partial charge in [-0.1, -0.05) is 48.5 Å². The highest BCUT2D eigenvalue weighted by molar-refractivity contribution is 6.31. The van der Waals surface area contributed by atoms with E-state index in [2.05, 4.69) is 55.5 Å². The molecule has 3 heteroatoms. The Morgan fingerprint density at radius 2 is 1.64 bits per heavy atom. The first kappa shape index (κ1) is 14.2. The van der Waals surface area contributed by atoms with Crippen molar-refractivity contribution in [1.82, 2.24) is 0 Å². The number of ether oxygens (including phenoxy) is 1. The maximum atomic E-state index is 6.51. The topological polar surface area (TPSA) is 18.5 Å². The van der Waals surface area contributed by atoms with Gasteiger partial charge in [0.25, 0.3) is 0 Å². The zero-order chi connectivity index (χ0) is 15.0. The molecule has 2 aliphatic rings. The van der Waals surface area contributed by atoms with E-state index < -0.39 is 9.76 Å². The van der Waals surface area contributed by atoms with E-state index in [0.29, 0.717) is 0 Å².